The first-order valence-corrected chi connectivity index (χ1v) is 10.2. The fourth-order valence-electron chi connectivity index (χ4n) is 3.72. The van der Waals surface area contributed by atoms with Crippen LogP contribution in [0.5, 0.6) is 5.75 Å². The lowest BCUT2D eigenvalue weighted by Gasteiger charge is -2.11. The van der Waals surface area contributed by atoms with Crippen LogP contribution in [-0.4, -0.2) is 10.9 Å². The molecule has 0 fully saturated rings. The van der Waals surface area contributed by atoms with Crippen LogP contribution in [0.15, 0.2) is 65.5 Å². The predicted octanol–water partition coefficient (Wildman–Crippen LogP) is 5.23. The third-order valence-corrected chi connectivity index (χ3v) is 5.75. The molecular weight excluding hydrogens is 368 g/mol. The molecule has 0 aliphatic heterocycles. The molecule has 138 valence electrons. The molecule has 0 saturated heterocycles. The summed E-state index contributed by atoms with van der Waals surface area (Å²) in [4.78, 5) is 16.9. The average molecular weight is 386 g/mol. The van der Waals surface area contributed by atoms with Crippen molar-refractivity contribution < 1.29 is 9.53 Å². The van der Waals surface area contributed by atoms with E-state index in [1.165, 1.54) is 16.5 Å². The van der Waals surface area contributed by atoms with Gasteiger partial charge in [-0.05, 0) is 59.7 Å². The summed E-state index contributed by atoms with van der Waals surface area (Å²) in [5, 5.41) is 7.44. The number of hydrogen-bond donors (Lipinski definition) is 1. The Kier molecular flexibility index (Phi) is 4.29. The zero-order valence-electron chi connectivity index (χ0n) is 15.1. The molecule has 4 nitrogen and oxygen atoms in total. The Morgan fingerprint density at radius 3 is 2.64 bits per heavy atom. The van der Waals surface area contributed by atoms with E-state index in [0.717, 1.165) is 35.4 Å². The monoisotopic (exact) mass is 386 g/mol. The van der Waals surface area contributed by atoms with Gasteiger partial charge in [0, 0.05) is 22.0 Å². The van der Waals surface area contributed by atoms with Crippen LogP contribution in [0.3, 0.4) is 0 Å². The van der Waals surface area contributed by atoms with E-state index < -0.39 is 0 Å². The summed E-state index contributed by atoms with van der Waals surface area (Å²) in [6, 6.07) is 17.7. The lowest BCUT2D eigenvalue weighted by molar-refractivity contribution is 0.102. The lowest BCUT2D eigenvalue weighted by Crippen LogP contribution is -2.12. The molecule has 3 aromatic carbocycles. The molecule has 5 heteroatoms. The highest BCUT2D eigenvalue weighted by atomic mass is 32.1. The van der Waals surface area contributed by atoms with Crippen molar-refractivity contribution in [3.8, 4) is 5.75 Å². The highest BCUT2D eigenvalue weighted by Gasteiger charge is 2.17. The lowest BCUT2D eigenvalue weighted by atomic mass is 10.0. The zero-order valence-corrected chi connectivity index (χ0v) is 16.0. The Labute approximate surface area is 166 Å². The number of aryl methyl sites for hydroxylation is 2. The number of rotatable bonds is 5. The van der Waals surface area contributed by atoms with Gasteiger partial charge in [-0.1, -0.05) is 24.3 Å². The molecule has 1 aliphatic carbocycles. The van der Waals surface area contributed by atoms with Crippen molar-refractivity contribution in [1.29, 1.82) is 0 Å². The van der Waals surface area contributed by atoms with Gasteiger partial charge in [-0.3, -0.25) is 4.79 Å². The van der Waals surface area contributed by atoms with E-state index in [1.54, 1.807) is 29.0 Å². The number of nitrogens with zero attached hydrogens (tertiary/aromatic N) is 1. The molecule has 0 bridgehead atoms. The Hall–Kier alpha value is -3.18. The molecule has 0 atom stereocenters. The van der Waals surface area contributed by atoms with Crippen molar-refractivity contribution in [3.05, 3.63) is 87.9 Å². The number of carbonyl (C=O) groups excluding carboxylic acids is 1. The minimum Gasteiger partial charge on any atom is -0.487 e. The first-order valence-electron chi connectivity index (χ1n) is 9.23. The molecule has 5 rings (SSSR count). The van der Waals surface area contributed by atoms with Gasteiger partial charge in [0.25, 0.3) is 5.91 Å². The van der Waals surface area contributed by atoms with E-state index in [0.29, 0.717) is 12.2 Å². The summed E-state index contributed by atoms with van der Waals surface area (Å²) in [6.07, 6.45) is 2.15. The fourth-order valence-corrected chi connectivity index (χ4v) is 4.26. The fraction of sp³-hybridized carbons (Fsp3) is 0.130. The van der Waals surface area contributed by atoms with Gasteiger partial charge in [0.15, 0.2) is 0 Å². The molecule has 4 aromatic rings. The SMILES string of the molecule is O=C(Nc1ccc2c3c(cccc13)CC2)c1ccc(OCc2cscn2)cc1. The summed E-state index contributed by atoms with van der Waals surface area (Å²) < 4.78 is 5.71. The number of aromatic nitrogens is 1. The van der Waals surface area contributed by atoms with Crippen LogP contribution in [0.1, 0.15) is 27.2 Å². The van der Waals surface area contributed by atoms with Gasteiger partial charge >= 0.3 is 0 Å². The molecule has 0 spiro atoms. The van der Waals surface area contributed by atoms with E-state index in [1.807, 2.05) is 23.6 Å². The minimum absolute atomic E-state index is 0.121. The molecule has 1 N–H and O–H groups in total. The summed E-state index contributed by atoms with van der Waals surface area (Å²) in [5.74, 6) is 0.597. The average Bonchev–Trinajstić information content (AvgIpc) is 3.40. The van der Waals surface area contributed by atoms with Crippen LogP contribution in [-0.2, 0) is 19.4 Å². The normalized spacial score (nSPS) is 12.3. The van der Waals surface area contributed by atoms with E-state index in [9.17, 15) is 4.79 Å². The van der Waals surface area contributed by atoms with Crippen molar-refractivity contribution in [2.45, 2.75) is 19.4 Å². The molecule has 28 heavy (non-hydrogen) atoms. The van der Waals surface area contributed by atoms with Crippen LogP contribution < -0.4 is 10.1 Å². The Morgan fingerprint density at radius 2 is 1.86 bits per heavy atom. The van der Waals surface area contributed by atoms with Crippen LogP contribution >= 0.6 is 11.3 Å². The quantitative estimate of drug-likeness (QED) is 0.511. The topological polar surface area (TPSA) is 51.2 Å². The Bertz CT molecular complexity index is 1140. The number of amides is 1. The second-order valence-corrected chi connectivity index (χ2v) is 7.58. The molecular formula is C23H18N2O2S. The minimum atomic E-state index is -0.121. The summed E-state index contributed by atoms with van der Waals surface area (Å²) in [6.45, 7) is 0.426. The van der Waals surface area contributed by atoms with Crippen LogP contribution in [0, 0.1) is 0 Å². The van der Waals surface area contributed by atoms with Gasteiger partial charge in [0.2, 0.25) is 0 Å². The van der Waals surface area contributed by atoms with E-state index in [-0.39, 0.29) is 5.91 Å². The number of nitrogens with one attached hydrogen (secondary N) is 1. The molecule has 1 heterocycles. The third kappa shape index (κ3) is 3.14. The maximum atomic E-state index is 12.7. The number of ether oxygens (including phenoxy) is 1. The summed E-state index contributed by atoms with van der Waals surface area (Å²) in [5.41, 5.74) is 6.88. The standard InChI is InChI=1S/C23H18N2O2S/c26-23(17-6-9-19(10-7-17)27-12-18-13-28-14-24-18)25-21-11-8-16-5-4-15-2-1-3-20(21)22(15)16/h1-3,6-11,13-14H,4-5,12H2,(H,25,26). The van der Waals surface area contributed by atoms with Gasteiger partial charge in [-0.2, -0.15) is 0 Å². The number of anilines is 1. The van der Waals surface area contributed by atoms with Crippen LogP contribution in [0.4, 0.5) is 5.69 Å². The van der Waals surface area contributed by atoms with Gasteiger partial charge in [0.1, 0.15) is 12.4 Å². The summed E-state index contributed by atoms with van der Waals surface area (Å²) in [7, 11) is 0. The third-order valence-electron chi connectivity index (χ3n) is 5.11. The second kappa shape index (κ2) is 7.09. The number of hydrogen-bond acceptors (Lipinski definition) is 4. The second-order valence-electron chi connectivity index (χ2n) is 6.86. The van der Waals surface area contributed by atoms with Gasteiger partial charge in [0.05, 0.1) is 11.2 Å². The Balaban J connectivity index is 1.33. The number of benzene rings is 3. The van der Waals surface area contributed by atoms with Crippen molar-refractivity contribution in [2.75, 3.05) is 5.32 Å². The maximum Gasteiger partial charge on any atom is 0.255 e. The smallest absolute Gasteiger partial charge is 0.255 e. The molecule has 1 amide bonds. The summed E-state index contributed by atoms with van der Waals surface area (Å²) >= 11 is 1.54. The van der Waals surface area contributed by atoms with E-state index in [2.05, 4.69) is 34.6 Å². The Morgan fingerprint density at radius 1 is 1.04 bits per heavy atom. The van der Waals surface area contributed by atoms with Crippen LogP contribution in [0.25, 0.3) is 10.8 Å². The molecule has 0 unspecified atom stereocenters. The zero-order chi connectivity index (χ0) is 18.9. The van der Waals surface area contributed by atoms with Crippen LogP contribution in [0.2, 0.25) is 0 Å². The van der Waals surface area contributed by atoms with Crippen molar-refractivity contribution in [1.82, 2.24) is 4.98 Å². The first kappa shape index (κ1) is 17.0. The van der Waals surface area contributed by atoms with Gasteiger partial charge < -0.3 is 10.1 Å². The van der Waals surface area contributed by atoms with Crippen molar-refractivity contribution >= 4 is 33.7 Å². The number of thiazole rings is 1. The highest BCUT2D eigenvalue weighted by Crippen LogP contribution is 2.35. The maximum absolute atomic E-state index is 12.7. The molecule has 0 saturated carbocycles. The van der Waals surface area contributed by atoms with E-state index in [4.69, 9.17) is 4.74 Å². The van der Waals surface area contributed by atoms with Gasteiger partial charge in [-0.15, -0.1) is 11.3 Å². The number of carbonyl (C=O) groups is 1. The largest absolute Gasteiger partial charge is 0.487 e. The van der Waals surface area contributed by atoms with E-state index >= 15 is 0 Å². The molecule has 0 radical (unpaired) electrons. The van der Waals surface area contributed by atoms with Crippen molar-refractivity contribution in [2.24, 2.45) is 0 Å². The predicted molar refractivity (Wildman–Crippen MR) is 112 cm³/mol. The highest BCUT2D eigenvalue weighted by molar-refractivity contribution is 7.07. The molecule has 1 aromatic heterocycles. The van der Waals surface area contributed by atoms with Gasteiger partial charge in [-0.25, -0.2) is 4.98 Å². The first-order chi connectivity index (χ1) is 13.8. The van der Waals surface area contributed by atoms with Crippen molar-refractivity contribution in [3.63, 3.8) is 0 Å². The molecule has 1 aliphatic rings.